The van der Waals surface area contributed by atoms with Gasteiger partial charge in [0.25, 0.3) is 0 Å². The van der Waals surface area contributed by atoms with Gasteiger partial charge in [0.1, 0.15) is 19.3 Å². The zero-order valence-corrected chi connectivity index (χ0v) is 57.0. The highest BCUT2D eigenvalue weighted by Crippen LogP contribution is 2.45. The molecule has 0 aliphatic heterocycles. The minimum Gasteiger partial charge on any atom is -0.462 e. The molecule has 4 unspecified atom stereocenters. The molecule has 0 heterocycles. The van der Waals surface area contributed by atoms with Crippen molar-refractivity contribution in [3.63, 3.8) is 0 Å². The number of hydrogen-bond donors (Lipinski definition) is 3. The van der Waals surface area contributed by atoms with Gasteiger partial charge in [0.15, 0.2) is 12.2 Å². The second kappa shape index (κ2) is 56.1. The van der Waals surface area contributed by atoms with Crippen molar-refractivity contribution in [1.82, 2.24) is 0 Å². The van der Waals surface area contributed by atoms with Gasteiger partial charge in [0, 0.05) is 25.7 Å². The highest BCUT2D eigenvalue weighted by Gasteiger charge is 2.30. The molecule has 0 aromatic heterocycles. The van der Waals surface area contributed by atoms with E-state index in [1.54, 1.807) is 0 Å². The number of aliphatic hydroxyl groups is 1. The summed E-state index contributed by atoms with van der Waals surface area (Å²) in [6.07, 6.45) is 36.4. The third kappa shape index (κ3) is 58.2. The molecule has 7 atom stereocenters. The maximum atomic E-state index is 13.0. The van der Waals surface area contributed by atoms with Gasteiger partial charge in [0.05, 0.1) is 26.4 Å². The van der Waals surface area contributed by atoms with E-state index in [4.69, 9.17) is 37.0 Å². The monoisotopic (exact) mass is 1250 g/mol. The van der Waals surface area contributed by atoms with E-state index in [0.717, 1.165) is 114 Å². The predicted molar refractivity (Wildman–Crippen MR) is 340 cm³/mol. The number of phosphoric acid groups is 2. The number of rotatable bonds is 63. The van der Waals surface area contributed by atoms with Crippen LogP contribution in [0.2, 0.25) is 0 Å². The summed E-state index contributed by atoms with van der Waals surface area (Å²) in [5.41, 5.74) is 0. The Bertz CT molecular complexity index is 1700. The summed E-state index contributed by atoms with van der Waals surface area (Å²) in [6, 6.07) is 0. The van der Waals surface area contributed by atoms with Crippen LogP contribution in [0.3, 0.4) is 0 Å². The Morgan fingerprint density at radius 1 is 0.329 bits per heavy atom. The Hall–Kier alpha value is -1.94. The van der Waals surface area contributed by atoms with Gasteiger partial charge in [-0.1, -0.05) is 267 Å². The summed E-state index contributed by atoms with van der Waals surface area (Å²) in [6.45, 7) is 14.0. The largest absolute Gasteiger partial charge is 0.472 e. The number of phosphoric ester groups is 2. The topological polar surface area (TPSA) is 237 Å². The van der Waals surface area contributed by atoms with E-state index in [9.17, 15) is 43.2 Å². The first-order valence-corrected chi connectivity index (χ1v) is 37.3. The Kier molecular flexibility index (Phi) is 54.8. The molecule has 17 nitrogen and oxygen atoms in total. The minimum absolute atomic E-state index is 0.102. The van der Waals surface area contributed by atoms with Gasteiger partial charge < -0.3 is 33.8 Å². The predicted octanol–water partition coefficient (Wildman–Crippen LogP) is 18.1. The highest BCUT2D eigenvalue weighted by atomic mass is 31.2. The summed E-state index contributed by atoms with van der Waals surface area (Å²) in [7, 11) is -9.89. The van der Waals surface area contributed by atoms with Gasteiger partial charge in [-0.05, 0) is 49.4 Å². The second-order valence-electron chi connectivity index (χ2n) is 25.3. The molecule has 0 radical (unpaired) electrons. The molecule has 85 heavy (non-hydrogen) atoms. The van der Waals surface area contributed by atoms with Crippen molar-refractivity contribution < 1.29 is 80.2 Å². The van der Waals surface area contributed by atoms with Crippen LogP contribution in [0, 0.1) is 23.7 Å². The van der Waals surface area contributed by atoms with Crippen molar-refractivity contribution in [3.8, 4) is 0 Å². The lowest BCUT2D eigenvalue weighted by Gasteiger charge is -2.21. The fourth-order valence-corrected chi connectivity index (χ4v) is 11.3. The molecule has 0 bridgehead atoms. The number of carbonyl (C=O) groups excluding carboxylic acids is 4. The van der Waals surface area contributed by atoms with E-state index in [2.05, 4.69) is 55.4 Å². The standard InChI is InChI=1S/C66H128O17P2/c1-9-58(7)44-36-28-22-24-31-39-47-64(69)77-53-61(82-65(70)48-40-32-21-17-19-27-35-43-57(5)6)54-80-84(72,73)78-50-60(67)51-79-85(74,75)81-55-62(83-66(71)49-41-33-25-23-29-37-45-59(8)10-2)52-76-63(68)46-38-30-20-16-14-12-11-13-15-18-26-34-42-56(3)4/h56-62,67H,9-55H2,1-8H3,(H,72,73)(H,74,75)/t58?,59?,60-,61+,62+/m0/s1. The number of unbranched alkanes of at least 4 members (excludes halogenated alkanes) is 27. The van der Waals surface area contributed by atoms with E-state index in [1.807, 2.05) is 0 Å². The Balaban J connectivity index is 5.23. The summed E-state index contributed by atoms with van der Waals surface area (Å²) < 4.78 is 68.0. The van der Waals surface area contributed by atoms with E-state index in [-0.39, 0.29) is 25.7 Å². The van der Waals surface area contributed by atoms with Crippen molar-refractivity contribution in [2.75, 3.05) is 39.6 Å². The molecule has 0 saturated heterocycles. The van der Waals surface area contributed by atoms with Crippen LogP contribution >= 0.6 is 15.6 Å². The number of carbonyl (C=O) groups is 4. The van der Waals surface area contributed by atoms with Crippen LogP contribution in [0.5, 0.6) is 0 Å². The first-order chi connectivity index (χ1) is 40.7. The Labute approximate surface area is 517 Å². The van der Waals surface area contributed by atoms with E-state index < -0.39 is 97.5 Å². The summed E-state index contributed by atoms with van der Waals surface area (Å²) >= 11 is 0. The molecule has 0 amide bonds. The minimum atomic E-state index is -4.95. The molecule has 0 fully saturated rings. The normalized spacial score (nSPS) is 15.0. The fourth-order valence-electron chi connectivity index (χ4n) is 9.72. The van der Waals surface area contributed by atoms with Crippen molar-refractivity contribution >= 4 is 39.5 Å². The average Bonchev–Trinajstić information content (AvgIpc) is 3.51. The molecule has 3 N–H and O–H groups in total. The molecule has 0 aliphatic carbocycles. The average molecular weight is 1260 g/mol. The van der Waals surface area contributed by atoms with Crippen LogP contribution in [0.25, 0.3) is 0 Å². The Morgan fingerprint density at radius 3 is 0.835 bits per heavy atom. The molecule has 504 valence electrons. The first kappa shape index (κ1) is 83.1. The van der Waals surface area contributed by atoms with Crippen LogP contribution in [0.1, 0.15) is 319 Å². The second-order valence-corrected chi connectivity index (χ2v) is 28.2. The summed E-state index contributed by atoms with van der Waals surface area (Å²) in [4.78, 5) is 72.3. The van der Waals surface area contributed by atoms with Gasteiger partial charge in [-0.25, -0.2) is 9.13 Å². The molecule has 0 aromatic rings. The van der Waals surface area contributed by atoms with Gasteiger partial charge in [0.2, 0.25) is 0 Å². The van der Waals surface area contributed by atoms with E-state index >= 15 is 0 Å². The zero-order valence-electron chi connectivity index (χ0n) is 55.2. The fraction of sp³-hybridized carbons (Fsp3) is 0.939. The van der Waals surface area contributed by atoms with Crippen LogP contribution in [0.15, 0.2) is 0 Å². The maximum Gasteiger partial charge on any atom is 0.472 e. The van der Waals surface area contributed by atoms with Crippen molar-refractivity contribution in [3.05, 3.63) is 0 Å². The molecule has 0 rings (SSSR count). The van der Waals surface area contributed by atoms with Gasteiger partial charge >= 0.3 is 39.5 Å². The lowest BCUT2D eigenvalue weighted by Crippen LogP contribution is -2.30. The van der Waals surface area contributed by atoms with E-state index in [0.29, 0.717) is 31.6 Å². The number of hydrogen-bond acceptors (Lipinski definition) is 15. The third-order valence-electron chi connectivity index (χ3n) is 15.8. The molecule has 0 aliphatic rings. The number of ether oxygens (including phenoxy) is 4. The van der Waals surface area contributed by atoms with E-state index in [1.165, 1.54) is 116 Å². The van der Waals surface area contributed by atoms with Crippen molar-refractivity contribution in [1.29, 1.82) is 0 Å². The smallest absolute Gasteiger partial charge is 0.462 e. The maximum absolute atomic E-state index is 13.0. The van der Waals surface area contributed by atoms with Crippen molar-refractivity contribution in [2.45, 2.75) is 337 Å². The number of aliphatic hydroxyl groups excluding tert-OH is 1. The lowest BCUT2D eigenvalue weighted by molar-refractivity contribution is -0.161. The molecule has 0 spiro atoms. The first-order valence-electron chi connectivity index (χ1n) is 34.3. The van der Waals surface area contributed by atoms with Gasteiger partial charge in [-0.15, -0.1) is 0 Å². The molecule has 0 aromatic carbocycles. The third-order valence-corrected chi connectivity index (χ3v) is 17.7. The molecule has 19 heteroatoms. The van der Waals surface area contributed by atoms with Gasteiger partial charge in [-0.2, -0.15) is 0 Å². The van der Waals surface area contributed by atoms with Crippen LogP contribution in [0.4, 0.5) is 0 Å². The lowest BCUT2D eigenvalue weighted by atomic mass is 10.00. The molecular weight excluding hydrogens is 1130 g/mol. The van der Waals surface area contributed by atoms with Crippen LogP contribution in [-0.2, 0) is 65.4 Å². The summed E-state index contributed by atoms with van der Waals surface area (Å²) in [5, 5.41) is 10.5. The quantitative estimate of drug-likeness (QED) is 0.0222. The SMILES string of the molecule is CCC(C)CCCCCCCCC(=O)OC[C@H](COP(=O)(O)OC[C@H](O)COP(=O)(O)OC[C@@H](COC(=O)CCCCCCCCCCCCCCC(C)C)OC(=O)CCCCCCCCC(C)CC)OC(=O)CCCCCCCCCC(C)C. The van der Waals surface area contributed by atoms with Gasteiger partial charge in [-0.3, -0.25) is 37.3 Å². The van der Waals surface area contributed by atoms with Crippen molar-refractivity contribution in [2.24, 2.45) is 23.7 Å². The van der Waals surface area contributed by atoms with Crippen LogP contribution in [-0.4, -0.2) is 96.7 Å². The number of esters is 4. The Morgan fingerprint density at radius 2 is 0.565 bits per heavy atom. The van der Waals surface area contributed by atoms with Crippen LogP contribution < -0.4 is 0 Å². The summed E-state index contributed by atoms with van der Waals surface area (Å²) in [5.74, 6) is 0.788. The molecular formula is C66H128O17P2. The highest BCUT2D eigenvalue weighted by molar-refractivity contribution is 7.47. The zero-order chi connectivity index (χ0) is 63.2. The molecule has 0 saturated carbocycles.